The van der Waals surface area contributed by atoms with Gasteiger partial charge in [-0.05, 0) is 35.7 Å². The highest BCUT2D eigenvalue weighted by Gasteiger charge is 2.22. The first-order valence-corrected chi connectivity index (χ1v) is 10.6. The van der Waals surface area contributed by atoms with E-state index in [0.717, 1.165) is 4.88 Å². The molecule has 0 atom stereocenters. The number of hydrogen-bond donors (Lipinski definition) is 1. The molecule has 0 saturated heterocycles. The van der Waals surface area contributed by atoms with Crippen LogP contribution in [0.1, 0.15) is 24.5 Å². The minimum absolute atomic E-state index is 0.247. The molecule has 0 aliphatic heterocycles. The number of halogens is 1. The molecule has 1 N–H and O–H groups in total. The Bertz CT molecular complexity index is 1000. The molecule has 3 aromatic rings. The van der Waals surface area contributed by atoms with Gasteiger partial charge in [-0.15, -0.1) is 11.3 Å². The molecule has 0 bridgehead atoms. The number of H-pyrrole nitrogens is 1. The van der Waals surface area contributed by atoms with Crippen LogP contribution in [0.25, 0.3) is 22.1 Å². The molecule has 25 heavy (non-hydrogen) atoms. The van der Waals surface area contributed by atoms with E-state index in [4.69, 9.17) is 11.6 Å². The van der Waals surface area contributed by atoms with E-state index < -0.39 is 10.0 Å². The van der Waals surface area contributed by atoms with Crippen LogP contribution in [-0.2, 0) is 10.0 Å². The van der Waals surface area contributed by atoms with Gasteiger partial charge in [0.05, 0.1) is 21.0 Å². The summed E-state index contributed by atoms with van der Waals surface area (Å²) in [6.45, 7) is 4.51. The Kier molecular flexibility index (Phi) is 5.29. The third kappa shape index (κ3) is 3.64. The number of aromatic nitrogens is 2. The van der Waals surface area contributed by atoms with Crippen LogP contribution < -0.4 is 0 Å². The lowest BCUT2D eigenvalue weighted by molar-refractivity contribution is 0.445. The normalized spacial score (nSPS) is 13.0. The van der Waals surface area contributed by atoms with E-state index in [9.17, 15) is 8.42 Å². The molecule has 0 saturated carbocycles. The minimum atomic E-state index is -3.51. The summed E-state index contributed by atoms with van der Waals surface area (Å²) in [5, 5.41) is 2.45. The van der Waals surface area contributed by atoms with Gasteiger partial charge in [-0.3, -0.25) is 0 Å². The van der Waals surface area contributed by atoms with E-state index in [1.165, 1.54) is 4.31 Å². The zero-order chi connectivity index (χ0) is 18.0. The van der Waals surface area contributed by atoms with Crippen molar-refractivity contribution < 1.29 is 8.42 Å². The summed E-state index contributed by atoms with van der Waals surface area (Å²) in [6, 6.07) is 8.79. The highest BCUT2D eigenvalue weighted by molar-refractivity contribution is 7.89. The standard InChI is InChI=1S/C17H18ClN3O2S2/c1-3-21(4-2)25(22,23)13-7-8-15-16(11-13)20-17(19-15)14(18)10-12-6-5-9-24-12/h5-11H,3-4H2,1-2H3,(H,19,20)/b14-10-. The Morgan fingerprint density at radius 2 is 2.08 bits per heavy atom. The van der Waals surface area contributed by atoms with Crippen LogP contribution in [-0.4, -0.2) is 35.8 Å². The topological polar surface area (TPSA) is 66.1 Å². The number of imidazole rings is 1. The molecule has 0 unspecified atom stereocenters. The van der Waals surface area contributed by atoms with Crippen molar-refractivity contribution in [2.45, 2.75) is 18.7 Å². The fourth-order valence-corrected chi connectivity index (χ4v) is 4.96. The highest BCUT2D eigenvalue weighted by Crippen LogP contribution is 2.26. The predicted molar refractivity (Wildman–Crippen MR) is 104 cm³/mol. The number of thiophene rings is 1. The van der Waals surface area contributed by atoms with E-state index in [2.05, 4.69) is 9.97 Å². The zero-order valence-electron chi connectivity index (χ0n) is 13.9. The predicted octanol–water partition coefficient (Wildman–Crippen LogP) is 4.39. The number of nitrogens with zero attached hydrogens (tertiary/aromatic N) is 2. The molecule has 0 aliphatic carbocycles. The van der Waals surface area contributed by atoms with E-state index >= 15 is 0 Å². The lowest BCUT2D eigenvalue weighted by Gasteiger charge is -2.18. The van der Waals surface area contributed by atoms with E-state index in [0.29, 0.717) is 35.0 Å². The first-order valence-electron chi connectivity index (χ1n) is 7.86. The van der Waals surface area contributed by atoms with Crippen molar-refractivity contribution in [3.05, 3.63) is 46.4 Å². The number of sulfonamides is 1. The maximum Gasteiger partial charge on any atom is 0.243 e. The number of benzene rings is 1. The average molecular weight is 396 g/mol. The highest BCUT2D eigenvalue weighted by atomic mass is 35.5. The SMILES string of the molecule is CCN(CC)S(=O)(=O)c1ccc2nc(/C(Cl)=C/c3cccs3)[nH]c2c1. The Morgan fingerprint density at radius 3 is 2.72 bits per heavy atom. The maximum absolute atomic E-state index is 12.6. The summed E-state index contributed by atoms with van der Waals surface area (Å²) in [7, 11) is -3.51. The second-order valence-corrected chi connectivity index (χ2v) is 8.69. The Labute approximate surface area is 156 Å². The third-order valence-corrected chi connectivity index (χ3v) is 6.99. The Hall–Kier alpha value is -1.67. The van der Waals surface area contributed by atoms with Crippen molar-refractivity contribution in [3.63, 3.8) is 0 Å². The molecule has 0 fully saturated rings. The third-order valence-electron chi connectivity index (χ3n) is 3.83. The van der Waals surface area contributed by atoms with Crippen LogP contribution in [0.4, 0.5) is 0 Å². The van der Waals surface area contributed by atoms with Gasteiger partial charge in [0, 0.05) is 18.0 Å². The Balaban J connectivity index is 2.00. The monoisotopic (exact) mass is 395 g/mol. The van der Waals surface area contributed by atoms with Gasteiger partial charge >= 0.3 is 0 Å². The molecule has 0 aliphatic rings. The van der Waals surface area contributed by atoms with Crippen LogP contribution in [0.3, 0.4) is 0 Å². The second-order valence-electron chi connectivity index (χ2n) is 5.36. The van der Waals surface area contributed by atoms with Crippen LogP contribution >= 0.6 is 22.9 Å². The van der Waals surface area contributed by atoms with Crippen molar-refractivity contribution in [3.8, 4) is 0 Å². The van der Waals surface area contributed by atoms with E-state index in [1.807, 2.05) is 37.4 Å². The van der Waals surface area contributed by atoms with Gasteiger partial charge < -0.3 is 4.98 Å². The number of rotatable bonds is 6. The number of nitrogens with one attached hydrogen (secondary N) is 1. The summed E-state index contributed by atoms with van der Waals surface area (Å²) >= 11 is 7.92. The Morgan fingerprint density at radius 1 is 1.32 bits per heavy atom. The largest absolute Gasteiger partial charge is 0.337 e. The van der Waals surface area contributed by atoms with Crippen LogP contribution in [0, 0.1) is 0 Å². The molecule has 0 amide bonds. The van der Waals surface area contributed by atoms with E-state index in [-0.39, 0.29) is 4.90 Å². The van der Waals surface area contributed by atoms with Crippen LogP contribution in [0.2, 0.25) is 0 Å². The number of fused-ring (bicyclic) bond motifs is 1. The molecule has 1 aromatic carbocycles. The van der Waals surface area contributed by atoms with Gasteiger partial charge in [-0.1, -0.05) is 31.5 Å². The smallest absolute Gasteiger partial charge is 0.243 e. The van der Waals surface area contributed by atoms with Crippen molar-refractivity contribution >= 4 is 55.1 Å². The summed E-state index contributed by atoms with van der Waals surface area (Å²) in [4.78, 5) is 8.82. The van der Waals surface area contributed by atoms with E-state index in [1.54, 1.807) is 29.5 Å². The zero-order valence-corrected chi connectivity index (χ0v) is 16.2. The quantitative estimate of drug-likeness (QED) is 0.673. The van der Waals surface area contributed by atoms with Crippen LogP contribution in [0.15, 0.2) is 40.6 Å². The molecular formula is C17H18ClN3O2S2. The van der Waals surface area contributed by atoms with Crippen molar-refractivity contribution in [2.24, 2.45) is 0 Å². The van der Waals surface area contributed by atoms with Gasteiger partial charge in [0.2, 0.25) is 10.0 Å². The fraction of sp³-hybridized carbons (Fsp3) is 0.235. The van der Waals surface area contributed by atoms with Gasteiger partial charge in [0.15, 0.2) is 0 Å². The summed E-state index contributed by atoms with van der Waals surface area (Å²) in [5.74, 6) is 0.516. The minimum Gasteiger partial charge on any atom is -0.337 e. The lowest BCUT2D eigenvalue weighted by atomic mass is 10.3. The lowest BCUT2D eigenvalue weighted by Crippen LogP contribution is -2.30. The number of aromatic amines is 1. The molecule has 0 spiro atoms. The molecule has 2 aromatic heterocycles. The van der Waals surface area contributed by atoms with Gasteiger partial charge in [-0.25, -0.2) is 13.4 Å². The van der Waals surface area contributed by atoms with Gasteiger partial charge in [0.25, 0.3) is 0 Å². The second kappa shape index (κ2) is 7.29. The number of hydrogen-bond acceptors (Lipinski definition) is 4. The van der Waals surface area contributed by atoms with Crippen LogP contribution in [0.5, 0.6) is 0 Å². The molecule has 2 heterocycles. The molecular weight excluding hydrogens is 378 g/mol. The molecule has 132 valence electrons. The first-order chi connectivity index (χ1) is 12.0. The molecule has 0 radical (unpaired) electrons. The first kappa shape index (κ1) is 18.1. The summed E-state index contributed by atoms with van der Waals surface area (Å²) in [5.41, 5.74) is 1.31. The fourth-order valence-electron chi connectivity index (χ4n) is 2.54. The van der Waals surface area contributed by atoms with Gasteiger partial charge in [-0.2, -0.15) is 4.31 Å². The average Bonchev–Trinajstić information content (AvgIpc) is 3.23. The molecule has 5 nitrogen and oxygen atoms in total. The van der Waals surface area contributed by atoms with Gasteiger partial charge in [0.1, 0.15) is 5.82 Å². The maximum atomic E-state index is 12.6. The summed E-state index contributed by atoms with van der Waals surface area (Å²) < 4.78 is 26.7. The van der Waals surface area contributed by atoms with Crippen molar-refractivity contribution in [1.82, 2.24) is 14.3 Å². The van der Waals surface area contributed by atoms with Crippen molar-refractivity contribution in [2.75, 3.05) is 13.1 Å². The summed E-state index contributed by atoms with van der Waals surface area (Å²) in [6.07, 6.45) is 1.83. The molecule has 3 rings (SSSR count). The van der Waals surface area contributed by atoms with Crippen molar-refractivity contribution in [1.29, 1.82) is 0 Å². The molecule has 8 heteroatoms.